The number of aliphatic hydroxyl groups excluding tert-OH is 3. The number of nitrogens with one attached hydrogen (secondary N) is 1. The Morgan fingerprint density at radius 2 is 1.91 bits per heavy atom. The summed E-state index contributed by atoms with van der Waals surface area (Å²) in [7, 11) is 0. The van der Waals surface area contributed by atoms with Crippen molar-refractivity contribution in [3.63, 3.8) is 0 Å². The number of aliphatic carboxylic acids is 1. The van der Waals surface area contributed by atoms with Crippen LogP contribution in [0.1, 0.15) is 35.9 Å². The van der Waals surface area contributed by atoms with Gasteiger partial charge in [-0.15, -0.1) is 0 Å². The monoisotopic (exact) mass is 488 g/mol. The fraction of sp³-hybridized carbons (Fsp3) is 0.409. The van der Waals surface area contributed by atoms with E-state index in [0.717, 1.165) is 10.8 Å². The molecule has 1 aromatic carbocycles. The summed E-state index contributed by atoms with van der Waals surface area (Å²) >= 11 is 0. The Morgan fingerprint density at radius 1 is 1.23 bits per heavy atom. The first-order valence-electron chi connectivity index (χ1n) is 10.6. The second-order valence-electron chi connectivity index (χ2n) is 8.25. The summed E-state index contributed by atoms with van der Waals surface area (Å²) in [4.78, 5) is 36.1. The molecule has 2 heterocycles. The Balaban J connectivity index is 2.28. The van der Waals surface area contributed by atoms with E-state index in [1.807, 2.05) is 6.07 Å². The number of hydrogen-bond acceptors (Lipinski definition) is 9. The normalized spacial score (nSPS) is 21.5. The standard InChI is InChI=1S/C22H24N4O9/c1-9(2)20(30)24-17-12(6-15(22(33)34)35-19(17)18(29)14(28)8-27)26-13(7-23)10-4-3-5-11(21(31)32)16(10)25-26/h3-6,9,12,14,17-19,27-29H,8H2,1-2H3,(H,24,30)(H,31,32)(H,33,34)/t12-,14+,17+,18+,19+/m0/s1. The zero-order valence-corrected chi connectivity index (χ0v) is 18.7. The molecule has 2 aromatic rings. The average Bonchev–Trinajstić information content (AvgIpc) is 3.21. The van der Waals surface area contributed by atoms with Crippen LogP contribution in [-0.2, 0) is 14.3 Å². The van der Waals surface area contributed by atoms with Gasteiger partial charge in [0, 0.05) is 11.3 Å². The van der Waals surface area contributed by atoms with Gasteiger partial charge in [0.15, 0.2) is 0 Å². The number of aromatic nitrogens is 2. The number of carbonyl (C=O) groups is 3. The van der Waals surface area contributed by atoms with Crippen LogP contribution in [0.3, 0.4) is 0 Å². The Morgan fingerprint density at radius 3 is 2.46 bits per heavy atom. The number of aliphatic hydroxyl groups is 3. The lowest BCUT2D eigenvalue weighted by Crippen LogP contribution is -2.59. The molecule has 0 bridgehead atoms. The van der Waals surface area contributed by atoms with Crippen molar-refractivity contribution in [3.8, 4) is 6.07 Å². The van der Waals surface area contributed by atoms with Gasteiger partial charge in [-0.1, -0.05) is 19.9 Å². The molecule has 3 rings (SSSR count). The highest BCUT2D eigenvalue weighted by Crippen LogP contribution is 2.33. The molecule has 1 aliphatic rings. The molecule has 6 N–H and O–H groups in total. The fourth-order valence-electron chi connectivity index (χ4n) is 3.79. The van der Waals surface area contributed by atoms with Crippen molar-refractivity contribution in [2.75, 3.05) is 6.61 Å². The summed E-state index contributed by atoms with van der Waals surface area (Å²) in [6.45, 7) is 2.28. The smallest absolute Gasteiger partial charge is 0.370 e. The van der Waals surface area contributed by atoms with Gasteiger partial charge in [0.2, 0.25) is 11.7 Å². The van der Waals surface area contributed by atoms with Crippen molar-refractivity contribution in [1.82, 2.24) is 15.1 Å². The molecule has 0 saturated carbocycles. The van der Waals surface area contributed by atoms with Crippen LogP contribution in [0, 0.1) is 17.2 Å². The second kappa shape index (κ2) is 10.1. The summed E-state index contributed by atoms with van der Waals surface area (Å²) in [5, 5.41) is 66.0. The molecule has 0 fully saturated rings. The van der Waals surface area contributed by atoms with Crippen molar-refractivity contribution in [3.05, 3.63) is 41.3 Å². The largest absolute Gasteiger partial charge is 0.478 e. The number of aromatic carboxylic acids is 1. The third-order valence-electron chi connectivity index (χ3n) is 5.62. The van der Waals surface area contributed by atoms with Crippen LogP contribution in [0.2, 0.25) is 0 Å². The van der Waals surface area contributed by atoms with Crippen LogP contribution in [0.4, 0.5) is 0 Å². The number of amides is 1. The molecule has 13 heteroatoms. The quantitative estimate of drug-likeness (QED) is 0.275. The lowest BCUT2D eigenvalue weighted by molar-refractivity contribution is -0.147. The van der Waals surface area contributed by atoms with Crippen LogP contribution in [0.5, 0.6) is 0 Å². The van der Waals surface area contributed by atoms with Crippen molar-refractivity contribution in [1.29, 1.82) is 5.26 Å². The second-order valence-corrected chi connectivity index (χ2v) is 8.25. The molecule has 1 amide bonds. The van der Waals surface area contributed by atoms with Crippen molar-refractivity contribution < 1.29 is 44.7 Å². The highest BCUT2D eigenvalue weighted by molar-refractivity contribution is 6.03. The minimum Gasteiger partial charge on any atom is -0.478 e. The number of carboxylic acids is 2. The van der Waals surface area contributed by atoms with Crippen molar-refractivity contribution in [2.24, 2.45) is 5.92 Å². The first-order chi connectivity index (χ1) is 16.5. The van der Waals surface area contributed by atoms with Gasteiger partial charge in [0.1, 0.15) is 35.6 Å². The van der Waals surface area contributed by atoms with E-state index < -0.39 is 66.5 Å². The van der Waals surface area contributed by atoms with Gasteiger partial charge in [0.25, 0.3) is 0 Å². The molecule has 186 valence electrons. The summed E-state index contributed by atoms with van der Waals surface area (Å²) in [6, 6.07) is 3.56. The lowest BCUT2D eigenvalue weighted by Gasteiger charge is -2.40. The van der Waals surface area contributed by atoms with E-state index in [-0.39, 0.29) is 22.2 Å². The number of ether oxygens (including phenoxy) is 1. The Labute approximate surface area is 198 Å². The number of carbonyl (C=O) groups excluding carboxylic acids is 1. The molecule has 0 spiro atoms. The van der Waals surface area contributed by atoms with Crippen LogP contribution in [0.25, 0.3) is 10.9 Å². The average molecular weight is 488 g/mol. The molecular weight excluding hydrogens is 464 g/mol. The highest BCUT2D eigenvalue weighted by Gasteiger charge is 2.45. The minimum absolute atomic E-state index is 0.0465. The van der Waals surface area contributed by atoms with E-state index in [4.69, 9.17) is 4.74 Å². The summed E-state index contributed by atoms with van der Waals surface area (Å²) in [6.07, 6.45) is -4.13. The molecule has 0 radical (unpaired) electrons. The topological polar surface area (TPSA) is 215 Å². The third kappa shape index (κ3) is 4.80. The van der Waals surface area contributed by atoms with Crippen LogP contribution < -0.4 is 5.32 Å². The highest BCUT2D eigenvalue weighted by atomic mass is 16.5. The zero-order chi connectivity index (χ0) is 26.0. The van der Waals surface area contributed by atoms with E-state index in [1.165, 1.54) is 18.2 Å². The molecule has 0 saturated heterocycles. The van der Waals surface area contributed by atoms with Gasteiger partial charge in [-0.2, -0.15) is 10.4 Å². The number of hydrogen-bond donors (Lipinski definition) is 6. The van der Waals surface area contributed by atoms with E-state index in [1.54, 1.807) is 13.8 Å². The summed E-state index contributed by atoms with van der Waals surface area (Å²) < 4.78 is 6.45. The zero-order valence-electron chi connectivity index (χ0n) is 18.7. The van der Waals surface area contributed by atoms with Crippen LogP contribution in [0.15, 0.2) is 30.0 Å². The Kier molecular flexibility index (Phi) is 7.39. The maximum Gasteiger partial charge on any atom is 0.370 e. The Hall–Kier alpha value is -3.99. The van der Waals surface area contributed by atoms with Crippen LogP contribution in [-0.4, -0.2) is 84.1 Å². The van der Waals surface area contributed by atoms with Gasteiger partial charge in [0.05, 0.1) is 24.3 Å². The first-order valence-corrected chi connectivity index (χ1v) is 10.6. The van der Waals surface area contributed by atoms with Gasteiger partial charge in [-0.3, -0.25) is 4.79 Å². The SMILES string of the molecule is CC(C)C(=O)N[C@H]1[C@H]([C@H](O)[C@H](O)CO)OC(C(=O)O)=C[C@@H]1n1nc2c(C(=O)O)cccc2c1C#N. The van der Waals surface area contributed by atoms with E-state index >= 15 is 0 Å². The molecule has 0 unspecified atom stereocenters. The van der Waals surface area contributed by atoms with Crippen LogP contribution >= 0.6 is 0 Å². The number of carboxylic acid groups (broad SMARTS) is 2. The molecule has 0 aliphatic carbocycles. The summed E-state index contributed by atoms with van der Waals surface area (Å²) in [5.74, 6) is -4.58. The number of rotatable bonds is 8. The van der Waals surface area contributed by atoms with E-state index in [9.17, 15) is 45.2 Å². The maximum absolute atomic E-state index is 12.6. The van der Waals surface area contributed by atoms with Gasteiger partial charge in [-0.05, 0) is 18.2 Å². The Bertz CT molecular complexity index is 1230. The van der Waals surface area contributed by atoms with Gasteiger partial charge >= 0.3 is 11.9 Å². The number of fused-ring (bicyclic) bond motifs is 1. The predicted molar refractivity (Wildman–Crippen MR) is 117 cm³/mol. The van der Waals surface area contributed by atoms with E-state index in [2.05, 4.69) is 10.4 Å². The molecule has 5 atom stereocenters. The molecule has 1 aliphatic heterocycles. The molecule has 1 aromatic heterocycles. The molecular formula is C22H24N4O9. The van der Waals surface area contributed by atoms with Crippen molar-refractivity contribution in [2.45, 2.75) is 44.2 Å². The van der Waals surface area contributed by atoms with Gasteiger partial charge < -0.3 is 35.6 Å². The molecule has 13 nitrogen and oxygen atoms in total. The molecule has 35 heavy (non-hydrogen) atoms. The number of benzene rings is 1. The van der Waals surface area contributed by atoms with Crippen molar-refractivity contribution >= 4 is 28.7 Å². The first kappa shape index (κ1) is 25.6. The fourth-order valence-corrected chi connectivity index (χ4v) is 3.79. The van der Waals surface area contributed by atoms with E-state index in [0.29, 0.717) is 0 Å². The lowest BCUT2D eigenvalue weighted by atomic mass is 9.91. The third-order valence-corrected chi connectivity index (χ3v) is 5.62. The van der Waals surface area contributed by atoms with Gasteiger partial charge in [-0.25, -0.2) is 14.3 Å². The number of nitrogens with zero attached hydrogens (tertiary/aromatic N) is 3. The summed E-state index contributed by atoms with van der Waals surface area (Å²) in [5.41, 5.74) is -0.382. The number of nitriles is 1. The minimum atomic E-state index is -1.85. The predicted octanol–water partition coefficient (Wildman–Crippen LogP) is -0.631. The maximum atomic E-state index is 12.6.